The fourth-order valence-electron chi connectivity index (χ4n) is 4.25. The third kappa shape index (κ3) is 3.32. The largest absolute Gasteiger partial charge is 0.495 e. The van der Waals surface area contributed by atoms with Crippen molar-refractivity contribution in [1.29, 1.82) is 0 Å². The van der Waals surface area contributed by atoms with Gasteiger partial charge in [-0.05, 0) is 59.2 Å². The van der Waals surface area contributed by atoms with E-state index in [1.165, 1.54) is 12.1 Å². The molecule has 6 rings (SSSR count). The van der Waals surface area contributed by atoms with Gasteiger partial charge in [0, 0.05) is 28.0 Å². The monoisotopic (exact) mass is 434 g/mol. The van der Waals surface area contributed by atoms with Gasteiger partial charge in [-0.3, -0.25) is 10.1 Å². The predicted molar refractivity (Wildman–Crippen MR) is 129 cm³/mol. The first-order valence-electron chi connectivity index (χ1n) is 10.6. The summed E-state index contributed by atoms with van der Waals surface area (Å²) in [7, 11) is 1.63. The van der Waals surface area contributed by atoms with Gasteiger partial charge in [-0.25, -0.2) is 4.39 Å². The smallest absolute Gasteiger partial charge is 0.137 e. The van der Waals surface area contributed by atoms with Crippen molar-refractivity contribution < 1.29 is 9.13 Å². The standard InChI is InChI=1S/C27H19FN4O/c1-33-20-11-18(14-29-15-20)17-7-10-25-23(12-17)27(32-31-25)26-13-22-21(3-2-4-24(22)30-26)16-5-8-19(28)9-6-16/h2-15,30H,1H3,(H,31,32). The highest BCUT2D eigenvalue weighted by Crippen LogP contribution is 2.35. The molecule has 5 nitrogen and oxygen atoms in total. The van der Waals surface area contributed by atoms with Crippen LogP contribution in [0.3, 0.4) is 0 Å². The maximum Gasteiger partial charge on any atom is 0.137 e. The van der Waals surface area contributed by atoms with Crippen LogP contribution in [0.15, 0.2) is 85.2 Å². The molecule has 3 aromatic carbocycles. The van der Waals surface area contributed by atoms with Crippen LogP contribution in [-0.4, -0.2) is 27.3 Å². The van der Waals surface area contributed by atoms with Crippen molar-refractivity contribution in [3.8, 4) is 39.4 Å². The number of aromatic amines is 2. The molecule has 0 fully saturated rings. The van der Waals surface area contributed by atoms with Crippen molar-refractivity contribution in [2.24, 2.45) is 0 Å². The number of rotatable bonds is 4. The topological polar surface area (TPSA) is 66.6 Å². The minimum absolute atomic E-state index is 0.245. The lowest BCUT2D eigenvalue weighted by Gasteiger charge is -2.04. The Morgan fingerprint density at radius 2 is 1.64 bits per heavy atom. The van der Waals surface area contributed by atoms with E-state index in [-0.39, 0.29) is 5.82 Å². The van der Waals surface area contributed by atoms with Gasteiger partial charge in [-0.15, -0.1) is 0 Å². The summed E-state index contributed by atoms with van der Waals surface area (Å²) in [6.45, 7) is 0. The lowest BCUT2D eigenvalue weighted by Crippen LogP contribution is -1.86. The molecule has 0 spiro atoms. The molecule has 6 aromatic rings. The quantitative estimate of drug-likeness (QED) is 0.329. The zero-order valence-electron chi connectivity index (χ0n) is 17.8. The number of fused-ring (bicyclic) bond motifs is 2. The van der Waals surface area contributed by atoms with Gasteiger partial charge < -0.3 is 9.72 Å². The lowest BCUT2D eigenvalue weighted by molar-refractivity contribution is 0.413. The number of aromatic nitrogens is 4. The second-order valence-electron chi connectivity index (χ2n) is 7.90. The molecule has 0 aliphatic rings. The summed E-state index contributed by atoms with van der Waals surface area (Å²) in [6.07, 6.45) is 3.51. The minimum Gasteiger partial charge on any atom is -0.495 e. The number of hydrogen-bond acceptors (Lipinski definition) is 3. The van der Waals surface area contributed by atoms with Crippen molar-refractivity contribution in [2.45, 2.75) is 0 Å². The molecule has 3 heterocycles. The van der Waals surface area contributed by atoms with Gasteiger partial charge in [0.15, 0.2) is 0 Å². The predicted octanol–water partition coefficient (Wildman–Crippen LogP) is 6.59. The van der Waals surface area contributed by atoms with Gasteiger partial charge in [0.05, 0.1) is 24.5 Å². The van der Waals surface area contributed by atoms with Crippen LogP contribution < -0.4 is 4.74 Å². The number of nitrogens with zero attached hydrogens (tertiary/aromatic N) is 2. The van der Waals surface area contributed by atoms with Gasteiger partial charge in [-0.1, -0.05) is 30.3 Å². The number of ether oxygens (including phenoxy) is 1. The summed E-state index contributed by atoms with van der Waals surface area (Å²) >= 11 is 0. The first-order valence-corrected chi connectivity index (χ1v) is 10.6. The third-order valence-corrected chi connectivity index (χ3v) is 5.92. The second kappa shape index (κ2) is 7.60. The average Bonchev–Trinajstić information content (AvgIpc) is 3.48. The zero-order chi connectivity index (χ0) is 22.4. The van der Waals surface area contributed by atoms with E-state index in [2.05, 4.69) is 32.3 Å². The molecule has 160 valence electrons. The normalized spacial score (nSPS) is 11.3. The van der Waals surface area contributed by atoms with Crippen LogP contribution in [0.4, 0.5) is 4.39 Å². The second-order valence-corrected chi connectivity index (χ2v) is 7.90. The van der Waals surface area contributed by atoms with Gasteiger partial charge in [0.2, 0.25) is 0 Å². The molecular formula is C27H19FN4O. The zero-order valence-corrected chi connectivity index (χ0v) is 17.8. The maximum atomic E-state index is 13.4. The number of hydrogen-bond donors (Lipinski definition) is 2. The minimum atomic E-state index is -0.245. The Bertz CT molecular complexity index is 1620. The number of benzene rings is 3. The highest BCUT2D eigenvalue weighted by atomic mass is 19.1. The molecule has 0 atom stereocenters. The third-order valence-electron chi connectivity index (χ3n) is 5.92. The van der Waals surface area contributed by atoms with Gasteiger partial charge in [0.25, 0.3) is 0 Å². The summed E-state index contributed by atoms with van der Waals surface area (Å²) in [5.41, 5.74) is 7.69. The van der Waals surface area contributed by atoms with Crippen molar-refractivity contribution in [2.75, 3.05) is 7.11 Å². The first kappa shape index (κ1) is 19.3. The van der Waals surface area contributed by atoms with Crippen molar-refractivity contribution >= 4 is 21.8 Å². The Labute approximate surface area is 188 Å². The van der Waals surface area contributed by atoms with E-state index in [4.69, 9.17) is 4.74 Å². The number of methoxy groups -OCH3 is 1. The van der Waals surface area contributed by atoms with Gasteiger partial charge in [-0.2, -0.15) is 5.10 Å². The Kier molecular flexibility index (Phi) is 4.43. The molecule has 33 heavy (non-hydrogen) atoms. The van der Waals surface area contributed by atoms with E-state index in [1.807, 2.05) is 42.6 Å². The fourth-order valence-corrected chi connectivity index (χ4v) is 4.25. The molecule has 3 aromatic heterocycles. The molecule has 0 aliphatic heterocycles. The summed E-state index contributed by atoms with van der Waals surface area (Å²) < 4.78 is 18.7. The summed E-state index contributed by atoms with van der Waals surface area (Å²) in [5, 5.41) is 9.79. The van der Waals surface area contributed by atoms with E-state index in [0.717, 1.165) is 55.4 Å². The van der Waals surface area contributed by atoms with Crippen LogP contribution >= 0.6 is 0 Å². The highest BCUT2D eigenvalue weighted by Gasteiger charge is 2.14. The molecule has 0 unspecified atom stereocenters. The van der Waals surface area contributed by atoms with E-state index in [1.54, 1.807) is 25.4 Å². The molecule has 0 aliphatic carbocycles. The molecule has 2 N–H and O–H groups in total. The van der Waals surface area contributed by atoms with Crippen LogP contribution in [-0.2, 0) is 0 Å². The van der Waals surface area contributed by atoms with E-state index in [9.17, 15) is 4.39 Å². The highest BCUT2D eigenvalue weighted by molar-refractivity contribution is 6.01. The summed E-state index contributed by atoms with van der Waals surface area (Å²) in [5.74, 6) is 0.467. The maximum absolute atomic E-state index is 13.4. The van der Waals surface area contributed by atoms with Crippen molar-refractivity contribution in [3.63, 3.8) is 0 Å². The van der Waals surface area contributed by atoms with Crippen molar-refractivity contribution in [3.05, 3.63) is 91.0 Å². The molecule has 6 heteroatoms. The number of halogens is 1. The van der Waals surface area contributed by atoms with Gasteiger partial charge in [0.1, 0.15) is 17.3 Å². The Morgan fingerprint density at radius 3 is 2.48 bits per heavy atom. The van der Waals surface area contributed by atoms with Gasteiger partial charge >= 0.3 is 0 Å². The van der Waals surface area contributed by atoms with Crippen LogP contribution in [0.5, 0.6) is 5.75 Å². The van der Waals surface area contributed by atoms with Crippen molar-refractivity contribution in [1.82, 2.24) is 20.2 Å². The Morgan fingerprint density at radius 1 is 0.788 bits per heavy atom. The van der Waals surface area contributed by atoms with E-state index < -0.39 is 0 Å². The lowest BCUT2D eigenvalue weighted by atomic mass is 10.0. The van der Waals surface area contributed by atoms with Crippen LogP contribution in [0.1, 0.15) is 0 Å². The molecule has 0 bridgehead atoms. The average molecular weight is 434 g/mol. The fraction of sp³-hybridized carbons (Fsp3) is 0.0370. The van der Waals surface area contributed by atoms with E-state index >= 15 is 0 Å². The molecular weight excluding hydrogens is 415 g/mol. The molecule has 0 saturated carbocycles. The molecule has 0 radical (unpaired) electrons. The Balaban J connectivity index is 1.48. The summed E-state index contributed by atoms with van der Waals surface area (Å²) in [4.78, 5) is 7.78. The summed E-state index contributed by atoms with van der Waals surface area (Å²) in [6, 6.07) is 22.9. The number of pyridine rings is 1. The van der Waals surface area contributed by atoms with E-state index in [0.29, 0.717) is 5.75 Å². The number of H-pyrrole nitrogens is 2. The van der Waals surface area contributed by atoms with Crippen LogP contribution in [0.25, 0.3) is 55.4 Å². The SMILES string of the molecule is COc1cncc(-c2ccc3[nH]nc(-c4cc5c(-c6ccc(F)cc6)cccc5[nH]4)c3c2)c1. The molecule has 0 saturated heterocycles. The Hall–Kier alpha value is -4.45. The first-order chi connectivity index (χ1) is 16.2. The number of nitrogens with one attached hydrogen (secondary N) is 2. The molecule has 0 amide bonds. The van der Waals surface area contributed by atoms with Crippen LogP contribution in [0, 0.1) is 5.82 Å². The van der Waals surface area contributed by atoms with Crippen LogP contribution in [0.2, 0.25) is 0 Å².